The zero-order valence-corrected chi connectivity index (χ0v) is 11.7. The van der Waals surface area contributed by atoms with Crippen LogP contribution in [-0.2, 0) is 4.74 Å². The lowest BCUT2D eigenvalue weighted by Gasteiger charge is -2.37. The Hall–Kier alpha value is -1.58. The lowest BCUT2D eigenvalue weighted by molar-refractivity contribution is -0.124. The number of ether oxygens (including phenoxy) is 1. The third-order valence-electron chi connectivity index (χ3n) is 4.38. The van der Waals surface area contributed by atoms with Crippen LogP contribution < -0.4 is 11.2 Å². The molecule has 1 unspecified atom stereocenters. The van der Waals surface area contributed by atoms with Crippen LogP contribution in [0.4, 0.5) is 8.78 Å². The first-order valence-corrected chi connectivity index (χ1v) is 6.97. The van der Waals surface area contributed by atoms with Gasteiger partial charge in [0.1, 0.15) is 24.4 Å². The van der Waals surface area contributed by atoms with Gasteiger partial charge in [0.2, 0.25) is 0 Å². The van der Waals surface area contributed by atoms with Crippen molar-refractivity contribution >= 4 is 0 Å². The van der Waals surface area contributed by atoms with E-state index in [0.717, 1.165) is 10.8 Å². The maximum absolute atomic E-state index is 13.5. The minimum Gasteiger partial charge on any atom is -0.388 e. The SMILES string of the molecule is C[C@H]1O[C@@H](c2cn(C3CCC3(F)F)c(=O)[nH]c2=O)[C@H](O)[C@@H]1O. The summed E-state index contributed by atoms with van der Waals surface area (Å²) >= 11 is 0. The average Bonchev–Trinajstić information content (AvgIpc) is 2.68. The van der Waals surface area contributed by atoms with E-state index in [2.05, 4.69) is 0 Å². The van der Waals surface area contributed by atoms with Crippen LogP contribution >= 0.6 is 0 Å². The number of hydrogen-bond donors (Lipinski definition) is 3. The van der Waals surface area contributed by atoms with Gasteiger partial charge in [0.15, 0.2) is 0 Å². The van der Waals surface area contributed by atoms with Gasteiger partial charge in [0.05, 0.1) is 11.7 Å². The molecule has 1 aromatic heterocycles. The summed E-state index contributed by atoms with van der Waals surface area (Å²) in [5.74, 6) is -3.01. The monoisotopic (exact) mass is 318 g/mol. The predicted octanol–water partition coefficient (Wildman–Crippen LogP) is -0.312. The summed E-state index contributed by atoms with van der Waals surface area (Å²) in [5, 5.41) is 19.6. The molecule has 0 radical (unpaired) electrons. The van der Waals surface area contributed by atoms with Crippen molar-refractivity contribution in [1.82, 2.24) is 9.55 Å². The van der Waals surface area contributed by atoms with Gasteiger partial charge < -0.3 is 14.9 Å². The number of hydrogen-bond acceptors (Lipinski definition) is 5. The minimum atomic E-state index is -3.01. The molecule has 2 aliphatic rings. The topological polar surface area (TPSA) is 105 Å². The Kier molecular flexibility index (Phi) is 3.46. The molecule has 3 rings (SSSR count). The molecule has 5 atom stereocenters. The van der Waals surface area contributed by atoms with Gasteiger partial charge >= 0.3 is 5.69 Å². The first-order chi connectivity index (χ1) is 10.2. The van der Waals surface area contributed by atoms with Crippen LogP contribution in [0.15, 0.2) is 15.8 Å². The average molecular weight is 318 g/mol. The van der Waals surface area contributed by atoms with Crippen molar-refractivity contribution in [3.63, 3.8) is 0 Å². The van der Waals surface area contributed by atoms with E-state index < -0.39 is 47.6 Å². The molecule has 22 heavy (non-hydrogen) atoms. The highest BCUT2D eigenvalue weighted by Gasteiger charge is 2.50. The maximum Gasteiger partial charge on any atom is 0.328 e. The molecule has 0 amide bonds. The number of nitrogens with zero attached hydrogens (tertiary/aromatic N) is 1. The second kappa shape index (κ2) is 4.97. The van der Waals surface area contributed by atoms with Crippen molar-refractivity contribution in [2.24, 2.45) is 0 Å². The fourth-order valence-corrected chi connectivity index (χ4v) is 2.88. The van der Waals surface area contributed by atoms with Crippen LogP contribution in [0.25, 0.3) is 0 Å². The van der Waals surface area contributed by atoms with Gasteiger partial charge in [0, 0.05) is 12.6 Å². The second-order valence-electron chi connectivity index (χ2n) is 5.81. The van der Waals surface area contributed by atoms with Crippen molar-refractivity contribution in [2.45, 2.75) is 56.1 Å². The summed E-state index contributed by atoms with van der Waals surface area (Å²) in [6, 6.07) is -1.32. The van der Waals surface area contributed by atoms with E-state index in [1.807, 2.05) is 4.98 Å². The zero-order chi connectivity index (χ0) is 16.2. The van der Waals surface area contributed by atoms with Crippen LogP contribution in [0.1, 0.15) is 37.5 Å². The Morgan fingerprint density at radius 2 is 2.05 bits per heavy atom. The number of aromatic amines is 1. The fraction of sp³-hybridized carbons (Fsp3) is 0.692. The van der Waals surface area contributed by atoms with Crippen molar-refractivity contribution in [2.75, 3.05) is 0 Å². The molecule has 9 heteroatoms. The Morgan fingerprint density at radius 1 is 1.36 bits per heavy atom. The highest BCUT2D eigenvalue weighted by molar-refractivity contribution is 5.15. The van der Waals surface area contributed by atoms with Gasteiger partial charge in [-0.15, -0.1) is 0 Å². The van der Waals surface area contributed by atoms with Gasteiger partial charge in [-0.05, 0) is 13.3 Å². The van der Waals surface area contributed by atoms with Gasteiger partial charge in [-0.25, -0.2) is 13.6 Å². The summed E-state index contributed by atoms with van der Waals surface area (Å²) in [6.45, 7) is 1.51. The lowest BCUT2D eigenvalue weighted by atomic mass is 9.87. The molecular weight excluding hydrogens is 302 g/mol. The third kappa shape index (κ3) is 2.20. The highest BCUT2D eigenvalue weighted by Crippen LogP contribution is 2.46. The molecule has 2 heterocycles. The van der Waals surface area contributed by atoms with E-state index >= 15 is 0 Å². The van der Waals surface area contributed by atoms with E-state index in [1.165, 1.54) is 6.92 Å². The molecule has 1 saturated carbocycles. The molecule has 0 aromatic carbocycles. The zero-order valence-electron chi connectivity index (χ0n) is 11.7. The largest absolute Gasteiger partial charge is 0.388 e. The maximum atomic E-state index is 13.5. The van der Waals surface area contributed by atoms with Crippen molar-refractivity contribution in [3.05, 3.63) is 32.6 Å². The molecule has 1 saturated heterocycles. The van der Waals surface area contributed by atoms with E-state index in [1.54, 1.807) is 0 Å². The van der Waals surface area contributed by atoms with Gasteiger partial charge in [-0.2, -0.15) is 0 Å². The van der Waals surface area contributed by atoms with E-state index in [-0.39, 0.29) is 18.4 Å². The Morgan fingerprint density at radius 3 is 2.50 bits per heavy atom. The summed E-state index contributed by atoms with van der Waals surface area (Å²) in [7, 11) is 0. The van der Waals surface area contributed by atoms with E-state index in [4.69, 9.17) is 4.74 Å². The van der Waals surface area contributed by atoms with E-state index in [9.17, 15) is 28.6 Å². The number of H-pyrrole nitrogens is 1. The number of halogens is 2. The van der Waals surface area contributed by atoms with E-state index in [0.29, 0.717) is 0 Å². The number of aliphatic hydroxyl groups excluding tert-OH is 2. The summed E-state index contributed by atoms with van der Waals surface area (Å²) in [4.78, 5) is 25.6. The number of alkyl halides is 2. The third-order valence-corrected chi connectivity index (χ3v) is 4.38. The van der Waals surface area contributed by atoms with Crippen LogP contribution in [0.2, 0.25) is 0 Å². The van der Waals surface area contributed by atoms with Gasteiger partial charge in [-0.1, -0.05) is 0 Å². The highest BCUT2D eigenvalue weighted by atomic mass is 19.3. The van der Waals surface area contributed by atoms with Crippen LogP contribution in [0, 0.1) is 0 Å². The first-order valence-electron chi connectivity index (χ1n) is 6.97. The Labute approximate surface area is 123 Å². The minimum absolute atomic E-state index is 0.117. The number of aromatic nitrogens is 2. The number of nitrogens with one attached hydrogen (secondary N) is 1. The first kappa shape index (κ1) is 15.3. The predicted molar refractivity (Wildman–Crippen MR) is 69.8 cm³/mol. The molecule has 0 spiro atoms. The van der Waals surface area contributed by atoms with Crippen molar-refractivity contribution in [1.29, 1.82) is 0 Å². The lowest BCUT2D eigenvalue weighted by Crippen LogP contribution is -2.47. The molecule has 3 N–H and O–H groups in total. The fourth-order valence-electron chi connectivity index (χ4n) is 2.88. The van der Waals surface area contributed by atoms with Crippen LogP contribution in [0.3, 0.4) is 0 Å². The molecule has 7 nitrogen and oxygen atoms in total. The summed E-state index contributed by atoms with van der Waals surface area (Å²) < 4.78 is 33.1. The molecular formula is C13H16F2N2O5. The quantitative estimate of drug-likeness (QED) is 0.694. The molecule has 2 fully saturated rings. The molecule has 0 bridgehead atoms. The van der Waals surface area contributed by atoms with Gasteiger partial charge in [-0.3, -0.25) is 14.3 Å². The normalized spacial score (nSPS) is 37.0. The standard InChI is InChI=1S/C13H16F2N2O5/c1-5-8(18)9(19)10(22-5)6-4-17(12(21)16-11(6)20)7-2-3-13(7,14)15/h4-5,7-10,18-19H,2-3H2,1H3,(H,16,20,21)/t5-,7?,8-,9-,10+/m1/s1. The molecule has 1 aliphatic carbocycles. The van der Waals surface area contributed by atoms with Crippen molar-refractivity contribution in [3.8, 4) is 0 Å². The van der Waals surface area contributed by atoms with Crippen LogP contribution in [0.5, 0.6) is 0 Å². The summed E-state index contributed by atoms with van der Waals surface area (Å²) in [5.41, 5.74) is -1.91. The molecule has 1 aliphatic heterocycles. The Balaban J connectivity index is 2.03. The number of aliphatic hydroxyl groups is 2. The second-order valence-corrected chi connectivity index (χ2v) is 5.81. The Bertz CT molecular complexity index is 700. The summed E-state index contributed by atoms with van der Waals surface area (Å²) in [6.07, 6.45) is -3.67. The molecule has 1 aromatic rings. The van der Waals surface area contributed by atoms with Crippen LogP contribution in [-0.4, -0.2) is 44.0 Å². The smallest absolute Gasteiger partial charge is 0.328 e. The number of rotatable bonds is 2. The molecule has 122 valence electrons. The van der Waals surface area contributed by atoms with Crippen molar-refractivity contribution < 1.29 is 23.7 Å². The van der Waals surface area contributed by atoms with Gasteiger partial charge in [0.25, 0.3) is 11.5 Å².